The van der Waals surface area contributed by atoms with Crippen LogP contribution in [-0.2, 0) is 14.3 Å². The molecule has 0 aromatic heterocycles. The first kappa shape index (κ1) is 11.8. The maximum atomic E-state index is 11.6. The van der Waals surface area contributed by atoms with E-state index in [2.05, 4.69) is 10.1 Å². The minimum absolute atomic E-state index is 0.271. The van der Waals surface area contributed by atoms with Gasteiger partial charge in [-0.1, -0.05) is 13.8 Å². The van der Waals surface area contributed by atoms with Crippen molar-refractivity contribution < 1.29 is 19.1 Å². The van der Waals surface area contributed by atoms with Gasteiger partial charge in [0.1, 0.15) is 5.54 Å². The molecule has 5 heteroatoms. The number of nitrogens with one attached hydrogen (secondary N) is 1. The van der Waals surface area contributed by atoms with E-state index < -0.39 is 17.6 Å². The molecule has 1 fully saturated rings. The zero-order chi connectivity index (χ0) is 11.7. The third kappa shape index (κ3) is 1.91. The highest BCUT2D eigenvalue weighted by Crippen LogP contribution is 2.56. The van der Waals surface area contributed by atoms with Crippen LogP contribution in [0.25, 0.3) is 0 Å². The standard InChI is InChI=1S/C10H17NO4/c1-5-15-8(13)11-10(7(12)14-4)6-9(10,2)3/h5-6H2,1-4H3,(H,11,13). The number of rotatable bonds is 3. The first-order chi connectivity index (χ1) is 6.89. The number of amides is 1. The maximum absolute atomic E-state index is 11.6. The van der Waals surface area contributed by atoms with Crippen molar-refractivity contribution in [2.45, 2.75) is 32.7 Å². The van der Waals surface area contributed by atoms with E-state index in [9.17, 15) is 9.59 Å². The van der Waals surface area contributed by atoms with Crippen molar-refractivity contribution in [3.8, 4) is 0 Å². The lowest BCUT2D eigenvalue weighted by Gasteiger charge is -2.18. The van der Waals surface area contributed by atoms with Crippen molar-refractivity contribution in [3.05, 3.63) is 0 Å². The van der Waals surface area contributed by atoms with Crippen LogP contribution in [0.3, 0.4) is 0 Å². The summed E-state index contributed by atoms with van der Waals surface area (Å²) in [6.07, 6.45) is -0.000598. The molecule has 1 N–H and O–H groups in total. The molecule has 1 aliphatic carbocycles. The summed E-state index contributed by atoms with van der Waals surface area (Å²) < 4.78 is 9.43. The summed E-state index contributed by atoms with van der Waals surface area (Å²) in [6.45, 7) is 5.79. The van der Waals surface area contributed by atoms with Gasteiger partial charge in [-0.15, -0.1) is 0 Å². The second-order valence-corrected chi connectivity index (χ2v) is 4.30. The Bertz CT molecular complexity index is 287. The Hall–Kier alpha value is -1.26. The monoisotopic (exact) mass is 215 g/mol. The molecular weight excluding hydrogens is 198 g/mol. The largest absolute Gasteiger partial charge is 0.467 e. The van der Waals surface area contributed by atoms with Crippen molar-refractivity contribution >= 4 is 12.1 Å². The summed E-state index contributed by atoms with van der Waals surface area (Å²) in [6, 6.07) is 0. The lowest BCUT2D eigenvalue weighted by Crippen LogP contribution is -2.47. The second-order valence-electron chi connectivity index (χ2n) is 4.30. The van der Waals surface area contributed by atoms with Gasteiger partial charge < -0.3 is 14.8 Å². The molecule has 1 rings (SSSR count). The Morgan fingerprint density at radius 2 is 1.93 bits per heavy atom. The summed E-state index contributed by atoms with van der Waals surface area (Å²) >= 11 is 0. The van der Waals surface area contributed by atoms with Gasteiger partial charge in [-0.25, -0.2) is 9.59 Å². The van der Waals surface area contributed by atoms with Crippen molar-refractivity contribution in [3.63, 3.8) is 0 Å². The van der Waals surface area contributed by atoms with Gasteiger partial charge in [-0.05, 0) is 13.3 Å². The summed E-state index contributed by atoms with van der Waals surface area (Å²) in [5.74, 6) is -0.416. The van der Waals surface area contributed by atoms with Crippen molar-refractivity contribution in [2.75, 3.05) is 13.7 Å². The molecule has 0 saturated heterocycles. The van der Waals surface area contributed by atoms with Gasteiger partial charge in [0.2, 0.25) is 0 Å². The molecule has 0 aromatic carbocycles. The van der Waals surface area contributed by atoms with Crippen molar-refractivity contribution in [1.29, 1.82) is 0 Å². The quantitative estimate of drug-likeness (QED) is 0.715. The first-order valence-electron chi connectivity index (χ1n) is 4.93. The number of ether oxygens (including phenoxy) is 2. The highest BCUT2D eigenvalue weighted by molar-refractivity contribution is 5.90. The molecule has 1 amide bonds. The Morgan fingerprint density at radius 3 is 2.27 bits per heavy atom. The number of carbonyl (C=O) groups excluding carboxylic acids is 2. The average molecular weight is 215 g/mol. The summed E-state index contributed by atoms with van der Waals surface area (Å²) in [5.41, 5.74) is -1.18. The molecule has 5 nitrogen and oxygen atoms in total. The van der Waals surface area contributed by atoms with Gasteiger partial charge in [0.15, 0.2) is 0 Å². The molecule has 1 aliphatic rings. The van der Waals surface area contributed by atoms with E-state index in [0.717, 1.165) is 0 Å². The predicted molar refractivity (Wildman–Crippen MR) is 53.3 cm³/mol. The molecule has 86 valence electrons. The van der Waals surface area contributed by atoms with E-state index in [0.29, 0.717) is 6.42 Å². The fourth-order valence-corrected chi connectivity index (χ4v) is 1.75. The third-order valence-corrected chi connectivity index (χ3v) is 2.86. The molecular formula is C10H17NO4. The molecule has 0 spiro atoms. The lowest BCUT2D eigenvalue weighted by atomic mass is 10.1. The Morgan fingerprint density at radius 1 is 1.40 bits per heavy atom. The summed E-state index contributed by atoms with van der Waals surface area (Å²) in [5, 5.41) is 2.57. The average Bonchev–Trinajstić information content (AvgIpc) is 2.68. The number of alkyl carbamates (subject to hydrolysis) is 1. The van der Waals surface area contributed by atoms with Gasteiger partial charge >= 0.3 is 12.1 Å². The van der Waals surface area contributed by atoms with E-state index >= 15 is 0 Å². The van der Waals surface area contributed by atoms with Crippen LogP contribution in [0.4, 0.5) is 4.79 Å². The molecule has 1 unspecified atom stereocenters. The summed E-state index contributed by atoms with van der Waals surface area (Å²) in [7, 11) is 1.31. The van der Waals surface area contributed by atoms with Crippen LogP contribution >= 0.6 is 0 Å². The topological polar surface area (TPSA) is 64.6 Å². The van der Waals surface area contributed by atoms with E-state index in [1.165, 1.54) is 7.11 Å². The van der Waals surface area contributed by atoms with Gasteiger partial charge in [-0.3, -0.25) is 0 Å². The third-order valence-electron chi connectivity index (χ3n) is 2.86. The summed E-state index contributed by atoms with van der Waals surface area (Å²) in [4.78, 5) is 22.8. The normalized spacial score (nSPS) is 26.7. The number of methoxy groups -OCH3 is 1. The van der Waals surface area contributed by atoms with Crippen LogP contribution in [0.5, 0.6) is 0 Å². The van der Waals surface area contributed by atoms with Gasteiger partial charge in [0.25, 0.3) is 0 Å². The molecule has 0 heterocycles. The smallest absolute Gasteiger partial charge is 0.408 e. The molecule has 0 aliphatic heterocycles. The predicted octanol–water partition coefficient (Wildman–Crippen LogP) is 1.07. The van der Waals surface area contributed by atoms with Crippen LogP contribution in [0.15, 0.2) is 0 Å². The number of carbonyl (C=O) groups is 2. The Labute approximate surface area is 89.1 Å². The van der Waals surface area contributed by atoms with E-state index in [-0.39, 0.29) is 12.0 Å². The molecule has 1 atom stereocenters. The Kier molecular flexibility index (Phi) is 2.93. The molecule has 15 heavy (non-hydrogen) atoms. The van der Waals surface area contributed by atoms with Gasteiger partial charge in [0.05, 0.1) is 13.7 Å². The minimum Gasteiger partial charge on any atom is -0.467 e. The van der Waals surface area contributed by atoms with Crippen LogP contribution in [0.1, 0.15) is 27.2 Å². The molecule has 1 saturated carbocycles. The highest BCUT2D eigenvalue weighted by Gasteiger charge is 2.68. The SMILES string of the molecule is CCOC(=O)NC1(C(=O)OC)CC1(C)C. The molecule has 0 radical (unpaired) electrons. The molecule has 0 bridgehead atoms. The van der Waals surface area contributed by atoms with Crippen LogP contribution in [0, 0.1) is 5.41 Å². The lowest BCUT2D eigenvalue weighted by molar-refractivity contribution is -0.145. The van der Waals surface area contributed by atoms with Crippen molar-refractivity contribution in [1.82, 2.24) is 5.32 Å². The second kappa shape index (κ2) is 3.72. The first-order valence-corrected chi connectivity index (χ1v) is 4.93. The number of hydrogen-bond acceptors (Lipinski definition) is 4. The number of esters is 1. The zero-order valence-corrected chi connectivity index (χ0v) is 9.55. The molecule has 0 aromatic rings. The maximum Gasteiger partial charge on any atom is 0.408 e. The van der Waals surface area contributed by atoms with Crippen LogP contribution in [0.2, 0.25) is 0 Å². The Balaban J connectivity index is 2.70. The number of hydrogen-bond donors (Lipinski definition) is 1. The van der Waals surface area contributed by atoms with E-state index in [4.69, 9.17) is 4.74 Å². The van der Waals surface area contributed by atoms with Gasteiger partial charge in [0, 0.05) is 5.41 Å². The fourth-order valence-electron chi connectivity index (χ4n) is 1.75. The van der Waals surface area contributed by atoms with E-state index in [1.54, 1.807) is 6.92 Å². The minimum atomic E-state index is -0.909. The van der Waals surface area contributed by atoms with E-state index in [1.807, 2.05) is 13.8 Å². The fraction of sp³-hybridized carbons (Fsp3) is 0.800. The zero-order valence-electron chi connectivity index (χ0n) is 9.55. The van der Waals surface area contributed by atoms with Gasteiger partial charge in [-0.2, -0.15) is 0 Å². The highest BCUT2D eigenvalue weighted by atomic mass is 16.6. The van der Waals surface area contributed by atoms with Crippen LogP contribution in [-0.4, -0.2) is 31.3 Å². The van der Waals surface area contributed by atoms with Crippen LogP contribution < -0.4 is 5.32 Å². The van der Waals surface area contributed by atoms with Crippen molar-refractivity contribution in [2.24, 2.45) is 5.41 Å².